The zero-order valence-corrected chi connectivity index (χ0v) is 16.3. The molecule has 2 nitrogen and oxygen atoms in total. The lowest BCUT2D eigenvalue weighted by molar-refractivity contribution is 0.0924. The van der Waals surface area contributed by atoms with E-state index in [-0.39, 0.29) is 24.1 Å². The minimum absolute atomic E-state index is 0. The molecule has 0 radical (unpaired) electrons. The molecular weight excluding hydrogens is 356 g/mol. The average Bonchev–Trinajstić information content (AvgIpc) is 2.72. The summed E-state index contributed by atoms with van der Waals surface area (Å²) in [6.07, 6.45) is 1.78. The third kappa shape index (κ3) is 6.26. The summed E-state index contributed by atoms with van der Waals surface area (Å²) < 4.78 is 5.78. The van der Waals surface area contributed by atoms with E-state index in [1.165, 1.54) is 5.56 Å². The van der Waals surface area contributed by atoms with Gasteiger partial charge in [-0.3, -0.25) is 4.79 Å². The summed E-state index contributed by atoms with van der Waals surface area (Å²) in [5, 5.41) is 0. The number of aryl methyl sites for hydroxylation is 1. The fraction of sp³-hybridized carbons (Fsp3) is 0.208. The summed E-state index contributed by atoms with van der Waals surface area (Å²) in [5.74, 6) is 0.976. The topological polar surface area (TPSA) is 26.3 Å². The van der Waals surface area contributed by atoms with Gasteiger partial charge in [-0.05, 0) is 48.2 Å². The molecule has 3 heteroatoms. The van der Waals surface area contributed by atoms with E-state index in [4.69, 9.17) is 4.74 Å². The van der Waals surface area contributed by atoms with Gasteiger partial charge in [0, 0.05) is 11.5 Å². The van der Waals surface area contributed by atoms with E-state index in [0.717, 1.165) is 29.7 Å². The summed E-state index contributed by atoms with van der Waals surface area (Å²) in [7, 11) is 0. The summed E-state index contributed by atoms with van der Waals surface area (Å²) in [6.45, 7) is 2.53. The first-order valence-corrected chi connectivity index (χ1v) is 9.07. The van der Waals surface area contributed by atoms with Crippen molar-refractivity contribution in [3.05, 3.63) is 102 Å². The van der Waals surface area contributed by atoms with Gasteiger partial charge in [-0.2, -0.15) is 0 Å². The Morgan fingerprint density at radius 3 is 1.96 bits per heavy atom. The average molecular weight is 381 g/mol. The van der Waals surface area contributed by atoms with Crippen molar-refractivity contribution in [1.82, 2.24) is 0 Å². The second-order valence-corrected chi connectivity index (χ2v) is 6.59. The highest BCUT2D eigenvalue weighted by atomic mass is 35.5. The number of hydrogen-bond donors (Lipinski definition) is 0. The molecule has 0 aliphatic heterocycles. The van der Waals surface area contributed by atoms with Crippen LogP contribution in [0.2, 0.25) is 0 Å². The van der Waals surface area contributed by atoms with Crippen LogP contribution in [0.1, 0.15) is 34.8 Å². The molecule has 0 heterocycles. The summed E-state index contributed by atoms with van der Waals surface area (Å²) in [5.41, 5.74) is 3.15. The molecular formula is C24H25ClO2. The Labute approximate surface area is 167 Å². The van der Waals surface area contributed by atoms with Crippen LogP contribution in [0.4, 0.5) is 0 Å². The Balaban J connectivity index is 0.00000261. The Kier molecular flexibility index (Phi) is 8.09. The van der Waals surface area contributed by atoms with E-state index in [1.807, 2.05) is 79.7 Å². The molecule has 3 rings (SSSR count). The fourth-order valence-electron chi connectivity index (χ4n) is 2.90. The number of benzene rings is 3. The smallest absolute Gasteiger partial charge is 0.165 e. The van der Waals surface area contributed by atoms with Crippen LogP contribution in [0.5, 0.6) is 5.75 Å². The van der Waals surface area contributed by atoms with Gasteiger partial charge in [0.05, 0.1) is 0 Å². The van der Waals surface area contributed by atoms with E-state index in [1.54, 1.807) is 0 Å². The molecule has 0 saturated carbocycles. The molecule has 0 amide bonds. The maximum atomic E-state index is 12.6. The van der Waals surface area contributed by atoms with E-state index in [9.17, 15) is 4.79 Å². The minimum atomic E-state index is 0. The highest BCUT2D eigenvalue weighted by molar-refractivity contribution is 5.97. The number of halogens is 1. The highest BCUT2D eigenvalue weighted by Crippen LogP contribution is 2.19. The lowest BCUT2D eigenvalue weighted by Crippen LogP contribution is -2.12. The number of Topliss-reactive ketones (excluding diaryl/α,β-unsaturated/α-hetero) is 1. The van der Waals surface area contributed by atoms with Gasteiger partial charge in [0.25, 0.3) is 0 Å². The van der Waals surface area contributed by atoms with Crippen LogP contribution >= 0.6 is 12.4 Å². The molecule has 27 heavy (non-hydrogen) atoms. The molecule has 0 aliphatic carbocycles. The minimum Gasteiger partial charge on any atom is -0.489 e. The molecule has 0 spiro atoms. The zero-order valence-electron chi connectivity index (χ0n) is 15.5. The second-order valence-electron chi connectivity index (χ2n) is 6.59. The Morgan fingerprint density at radius 2 is 1.37 bits per heavy atom. The lowest BCUT2D eigenvalue weighted by atomic mass is 9.93. The molecule has 140 valence electrons. The van der Waals surface area contributed by atoms with Gasteiger partial charge in [-0.1, -0.05) is 67.6 Å². The number of ketones is 1. The number of carbonyl (C=O) groups is 1. The van der Waals surface area contributed by atoms with Gasteiger partial charge < -0.3 is 4.74 Å². The molecule has 0 fully saturated rings. The van der Waals surface area contributed by atoms with Crippen molar-refractivity contribution in [3.63, 3.8) is 0 Å². The standard InChI is InChI=1S/C24H24O2.ClH/c1-19(12-13-20-8-4-2-5-9-20)24(25)22-14-16-23(17-15-22)26-18-21-10-6-3-7-11-21;/h2-11,14-17,19H,12-13,18H2,1H3;1H/t19-;/m1./s1. The van der Waals surface area contributed by atoms with Crippen molar-refractivity contribution in [3.8, 4) is 5.75 Å². The normalized spacial score (nSPS) is 11.3. The number of carbonyl (C=O) groups excluding carboxylic acids is 1. The molecule has 1 atom stereocenters. The van der Waals surface area contributed by atoms with Crippen LogP contribution in [-0.4, -0.2) is 5.78 Å². The van der Waals surface area contributed by atoms with Crippen molar-refractivity contribution >= 4 is 18.2 Å². The molecule has 0 unspecified atom stereocenters. The van der Waals surface area contributed by atoms with Crippen LogP contribution in [-0.2, 0) is 13.0 Å². The third-order valence-corrected chi connectivity index (χ3v) is 4.54. The SMILES string of the molecule is C[C@H](CCc1ccccc1)C(=O)c1ccc(OCc2ccccc2)cc1.Cl. The monoisotopic (exact) mass is 380 g/mol. The first kappa shape index (κ1) is 20.7. The largest absolute Gasteiger partial charge is 0.489 e. The van der Waals surface area contributed by atoms with Crippen molar-refractivity contribution in [1.29, 1.82) is 0 Å². The maximum Gasteiger partial charge on any atom is 0.165 e. The van der Waals surface area contributed by atoms with E-state index < -0.39 is 0 Å². The van der Waals surface area contributed by atoms with E-state index >= 15 is 0 Å². The van der Waals surface area contributed by atoms with Crippen molar-refractivity contribution in [2.75, 3.05) is 0 Å². The lowest BCUT2D eigenvalue weighted by Gasteiger charge is -2.11. The zero-order chi connectivity index (χ0) is 18.2. The maximum absolute atomic E-state index is 12.6. The van der Waals surface area contributed by atoms with Crippen LogP contribution < -0.4 is 4.74 Å². The van der Waals surface area contributed by atoms with Crippen LogP contribution in [0.15, 0.2) is 84.9 Å². The Hall–Kier alpha value is -2.58. The molecule has 0 saturated heterocycles. The van der Waals surface area contributed by atoms with Gasteiger partial charge >= 0.3 is 0 Å². The van der Waals surface area contributed by atoms with Crippen molar-refractivity contribution in [2.45, 2.75) is 26.4 Å². The summed E-state index contributed by atoms with van der Waals surface area (Å²) in [6, 6.07) is 27.8. The van der Waals surface area contributed by atoms with Crippen LogP contribution in [0.3, 0.4) is 0 Å². The third-order valence-electron chi connectivity index (χ3n) is 4.54. The molecule has 0 bridgehead atoms. The summed E-state index contributed by atoms with van der Waals surface area (Å²) >= 11 is 0. The second kappa shape index (κ2) is 10.5. The van der Waals surface area contributed by atoms with Crippen molar-refractivity contribution in [2.24, 2.45) is 5.92 Å². The molecule has 3 aromatic carbocycles. The van der Waals surface area contributed by atoms with Gasteiger partial charge in [0.2, 0.25) is 0 Å². The van der Waals surface area contributed by atoms with Gasteiger partial charge in [0.15, 0.2) is 5.78 Å². The fourth-order valence-corrected chi connectivity index (χ4v) is 2.90. The number of rotatable bonds is 8. The van der Waals surface area contributed by atoms with Crippen LogP contribution in [0, 0.1) is 5.92 Å². The molecule has 3 aromatic rings. The van der Waals surface area contributed by atoms with E-state index in [2.05, 4.69) is 12.1 Å². The van der Waals surface area contributed by atoms with E-state index in [0.29, 0.717) is 6.61 Å². The Morgan fingerprint density at radius 1 is 0.815 bits per heavy atom. The Bertz CT molecular complexity index is 814. The summed E-state index contributed by atoms with van der Waals surface area (Å²) in [4.78, 5) is 12.6. The van der Waals surface area contributed by atoms with Gasteiger partial charge in [0.1, 0.15) is 12.4 Å². The quantitative estimate of drug-likeness (QED) is 0.439. The van der Waals surface area contributed by atoms with Gasteiger partial charge in [-0.15, -0.1) is 12.4 Å². The van der Waals surface area contributed by atoms with Crippen molar-refractivity contribution < 1.29 is 9.53 Å². The van der Waals surface area contributed by atoms with Gasteiger partial charge in [-0.25, -0.2) is 0 Å². The predicted molar refractivity (Wildman–Crippen MR) is 113 cm³/mol. The predicted octanol–water partition coefficient (Wildman–Crippen LogP) is 6.14. The number of hydrogen-bond acceptors (Lipinski definition) is 2. The van der Waals surface area contributed by atoms with Crippen LogP contribution in [0.25, 0.3) is 0 Å². The first-order chi connectivity index (χ1) is 12.7. The highest BCUT2D eigenvalue weighted by Gasteiger charge is 2.15. The first-order valence-electron chi connectivity index (χ1n) is 9.07. The molecule has 0 aromatic heterocycles. The molecule has 0 aliphatic rings. The number of ether oxygens (including phenoxy) is 1. The molecule has 0 N–H and O–H groups in total.